The minimum Gasteiger partial charge on any atom is -0.278 e. The molecule has 5 nitrogen and oxygen atoms in total. The molecule has 2 aromatic heterocycles. The molecule has 0 aliphatic rings. The quantitative estimate of drug-likeness (QED) is 0.484. The van der Waals surface area contributed by atoms with Crippen molar-refractivity contribution in [3.05, 3.63) is 88.7 Å². The summed E-state index contributed by atoms with van der Waals surface area (Å²) in [4.78, 5) is 24.2. The first-order valence-electron chi connectivity index (χ1n) is 9.15. The molecule has 0 saturated heterocycles. The van der Waals surface area contributed by atoms with Crippen LogP contribution in [0, 0.1) is 25.2 Å². The highest BCUT2D eigenvalue weighted by atomic mass is 32.1. The third-order valence-corrected chi connectivity index (χ3v) is 5.93. The summed E-state index contributed by atoms with van der Waals surface area (Å²) < 4.78 is 1.08. The molecular weight excluding hydrogens is 380 g/mol. The number of nitriles is 1. The topological polar surface area (TPSA) is 69.9 Å². The highest BCUT2D eigenvalue weighted by Gasteiger charge is 2.23. The van der Waals surface area contributed by atoms with Gasteiger partial charge in [0.1, 0.15) is 0 Å². The molecule has 0 saturated carbocycles. The van der Waals surface area contributed by atoms with E-state index >= 15 is 0 Å². The minimum atomic E-state index is -0.172. The highest BCUT2D eigenvalue weighted by molar-refractivity contribution is 7.22. The van der Waals surface area contributed by atoms with E-state index in [1.165, 1.54) is 11.3 Å². The number of anilines is 1. The zero-order valence-corrected chi connectivity index (χ0v) is 16.9. The van der Waals surface area contributed by atoms with Crippen LogP contribution in [0.1, 0.15) is 32.7 Å². The lowest BCUT2D eigenvalue weighted by Gasteiger charge is -2.19. The van der Waals surface area contributed by atoms with E-state index in [1.54, 1.807) is 35.4 Å². The molecule has 0 aliphatic carbocycles. The van der Waals surface area contributed by atoms with Crippen LogP contribution in [0.3, 0.4) is 0 Å². The Kier molecular flexibility index (Phi) is 5.07. The maximum absolute atomic E-state index is 13.4. The first-order valence-corrected chi connectivity index (χ1v) is 9.97. The zero-order chi connectivity index (χ0) is 20.4. The fourth-order valence-corrected chi connectivity index (χ4v) is 4.20. The second kappa shape index (κ2) is 7.82. The van der Waals surface area contributed by atoms with Crippen LogP contribution in [0.2, 0.25) is 0 Å². The SMILES string of the molecule is Cc1ccc(C)c2sc(N(Cc3ccccn3)C(=O)c3ccc(C#N)cc3)nc12. The van der Waals surface area contributed by atoms with Crippen molar-refractivity contribution >= 4 is 32.6 Å². The smallest absolute Gasteiger partial charge is 0.260 e. The van der Waals surface area contributed by atoms with Gasteiger partial charge < -0.3 is 0 Å². The average Bonchev–Trinajstić information content (AvgIpc) is 3.21. The number of hydrogen-bond acceptors (Lipinski definition) is 5. The van der Waals surface area contributed by atoms with Crippen molar-refractivity contribution in [2.45, 2.75) is 20.4 Å². The number of fused-ring (bicyclic) bond motifs is 1. The molecule has 0 N–H and O–H groups in total. The molecule has 2 aromatic carbocycles. The number of rotatable bonds is 4. The molecule has 0 spiro atoms. The number of benzene rings is 2. The molecule has 0 aliphatic heterocycles. The van der Waals surface area contributed by atoms with Gasteiger partial charge in [-0.3, -0.25) is 14.7 Å². The fourth-order valence-electron chi connectivity index (χ4n) is 3.09. The largest absolute Gasteiger partial charge is 0.278 e. The van der Waals surface area contributed by atoms with Gasteiger partial charge in [0.15, 0.2) is 5.13 Å². The number of hydrogen-bond donors (Lipinski definition) is 0. The molecule has 0 unspecified atom stereocenters. The minimum absolute atomic E-state index is 0.172. The van der Waals surface area contributed by atoms with E-state index in [4.69, 9.17) is 10.2 Å². The summed E-state index contributed by atoms with van der Waals surface area (Å²) in [6, 6.07) is 18.5. The van der Waals surface area contributed by atoms with Gasteiger partial charge >= 0.3 is 0 Å². The Bertz CT molecular complexity index is 1180. The van der Waals surface area contributed by atoms with E-state index in [2.05, 4.69) is 24.0 Å². The van der Waals surface area contributed by atoms with Gasteiger partial charge in [0.2, 0.25) is 0 Å². The molecule has 0 radical (unpaired) electrons. The Balaban J connectivity index is 1.80. The number of amides is 1. The monoisotopic (exact) mass is 398 g/mol. The Hall–Kier alpha value is -3.56. The molecule has 142 valence electrons. The Morgan fingerprint density at radius 2 is 1.83 bits per heavy atom. The predicted octanol–water partition coefficient (Wildman–Crippen LogP) is 5.03. The lowest BCUT2D eigenvalue weighted by Crippen LogP contribution is -2.30. The van der Waals surface area contributed by atoms with Gasteiger partial charge in [-0.1, -0.05) is 29.5 Å². The second-order valence-corrected chi connectivity index (χ2v) is 7.75. The first kappa shape index (κ1) is 18.8. The van der Waals surface area contributed by atoms with E-state index in [0.29, 0.717) is 22.8 Å². The van der Waals surface area contributed by atoms with Crippen LogP contribution < -0.4 is 4.90 Å². The number of nitrogens with zero attached hydrogens (tertiary/aromatic N) is 4. The molecule has 6 heteroatoms. The average molecular weight is 398 g/mol. The van der Waals surface area contributed by atoms with Crippen LogP contribution in [-0.2, 0) is 6.54 Å². The van der Waals surface area contributed by atoms with Crippen molar-refractivity contribution < 1.29 is 4.79 Å². The molecular formula is C23H18N4OS. The maximum atomic E-state index is 13.4. The van der Waals surface area contributed by atoms with E-state index in [1.807, 2.05) is 31.2 Å². The van der Waals surface area contributed by atoms with E-state index in [-0.39, 0.29) is 5.91 Å². The van der Waals surface area contributed by atoms with E-state index in [0.717, 1.165) is 27.0 Å². The van der Waals surface area contributed by atoms with Crippen LogP contribution in [0.4, 0.5) is 5.13 Å². The maximum Gasteiger partial charge on any atom is 0.260 e. The van der Waals surface area contributed by atoms with Gasteiger partial charge in [-0.15, -0.1) is 0 Å². The summed E-state index contributed by atoms with van der Waals surface area (Å²) in [5, 5.41) is 9.66. The normalized spacial score (nSPS) is 10.7. The molecule has 29 heavy (non-hydrogen) atoms. The lowest BCUT2D eigenvalue weighted by molar-refractivity contribution is 0.0985. The Morgan fingerprint density at radius 1 is 1.07 bits per heavy atom. The summed E-state index contributed by atoms with van der Waals surface area (Å²) in [5.74, 6) is -0.172. The van der Waals surface area contributed by atoms with E-state index < -0.39 is 0 Å². The number of pyridine rings is 1. The molecule has 4 aromatic rings. The number of carbonyl (C=O) groups excluding carboxylic acids is 1. The number of carbonyl (C=O) groups is 1. The summed E-state index contributed by atoms with van der Waals surface area (Å²) in [5.41, 5.74) is 4.94. The van der Waals surface area contributed by atoms with Crippen LogP contribution in [0.15, 0.2) is 60.8 Å². The van der Waals surface area contributed by atoms with Gasteiger partial charge in [0, 0.05) is 11.8 Å². The van der Waals surface area contributed by atoms with Crippen molar-refractivity contribution in [1.82, 2.24) is 9.97 Å². The fraction of sp³-hybridized carbons (Fsp3) is 0.130. The zero-order valence-electron chi connectivity index (χ0n) is 16.1. The summed E-state index contributed by atoms with van der Waals surface area (Å²) in [6.07, 6.45) is 1.71. The van der Waals surface area contributed by atoms with Crippen LogP contribution in [0.5, 0.6) is 0 Å². The van der Waals surface area contributed by atoms with Crippen LogP contribution in [-0.4, -0.2) is 15.9 Å². The number of thiazole rings is 1. The molecule has 0 atom stereocenters. The van der Waals surface area contributed by atoms with Crippen LogP contribution >= 0.6 is 11.3 Å². The van der Waals surface area contributed by atoms with Crippen molar-refractivity contribution in [1.29, 1.82) is 5.26 Å². The first-order chi connectivity index (χ1) is 14.1. The Morgan fingerprint density at radius 3 is 2.48 bits per heavy atom. The van der Waals surface area contributed by atoms with Gasteiger partial charge in [-0.25, -0.2) is 4.98 Å². The van der Waals surface area contributed by atoms with Crippen LogP contribution in [0.25, 0.3) is 10.2 Å². The van der Waals surface area contributed by atoms with Crippen molar-refractivity contribution in [3.63, 3.8) is 0 Å². The van der Waals surface area contributed by atoms with Crippen molar-refractivity contribution in [3.8, 4) is 6.07 Å². The summed E-state index contributed by atoms with van der Waals surface area (Å²) in [6.45, 7) is 4.39. The second-order valence-electron chi connectivity index (χ2n) is 6.78. The van der Waals surface area contributed by atoms with Crippen molar-refractivity contribution in [2.24, 2.45) is 0 Å². The third kappa shape index (κ3) is 3.73. The molecule has 4 rings (SSSR count). The standard InChI is InChI=1S/C23H18N4OS/c1-15-6-7-16(2)21-20(15)26-23(29-21)27(14-19-5-3-4-12-25-19)22(28)18-10-8-17(13-24)9-11-18/h3-12H,14H2,1-2H3. The molecule has 1 amide bonds. The molecule has 0 bridgehead atoms. The molecule has 0 fully saturated rings. The lowest BCUT2D eigenvalue weighted by atomic mass is 10.1. The highest BCUT2D eigenvalue weighted by Crippen LogP contribution is 2.34. The van der Waals surface area contributed by atoms with E-state index in [9.17, 15) is 4.79 Å². The summed E-state index contributed by atoms with van der Waals surface area (Å²) in [7, 11) is 0. The van der Waals surface area contributed by atoms with Gasteiger partial charge in [0.05, 0.1) is 34.1 Å². The number of aromatic nitrogens is 2. The molecule has 2 heterocycles. The van der Waals surface area contributed by atoms with Gasteiger partial charge in [-0.05, 0) is 61.4 Å². The predicted molar refractivity (Wildman–Crippen MR) is 115 cm³/mol. The number of aryl methyl sites for hydroxylation is 2. The van der Waals surface area contributed by atoms with Gasteiger partial charge in [-0.2, -0.15) is 5.26 Å². The Labute approximate surface area is 172 Å². The summed E-state index contributed by atoms with van der Waals surface area (Å²) >= 11 is 1.51. The van der Waals surface area contributed by atoms with Gasteiger partial charge in [0.25, 0.3) is 5.91 Å². The third-order valence-electron chi connectivity index (χ3n) is 4.71. The van der Waals surface area contributed by atoms with Crippen molar-refractivity contribution in [2.75, 3.05) is 4.90 Å².